The van der Waals surface area contributed by atoms with Crippen molar-refractivity contribution in [2.45, 2.75) is 0 Å². The Hall–Kier alpha value is -2.77. The van der Waals surface area contributed by atoms with E-state index < -0.39 is 0 Å². The van der Waals surface area contributed by atoms with E-state index in [-0.39, 0.29) is 5.91 Å². The van der Waals surface area contributed by atoms with E-state index in [0.29, 0.717) is 22.7 Å². The van der Waals surface area contributed by atoms with Gasteiger partial charge in [0.05, 0.1) is 27.4 Å². The van der Waals surface area contributed by atoms with Gasteiger partial charge in [-0.3, -0.25) is 9.69 Å². The van der Waals surface area contributed by atoms with Crippen LogP contribution in [0.15, 0.2) is 42.5 Å². The van der Waals surface area contributed by atoms with E-state index in [0.717, 1.165) is 45.1 Å². The van der Waals surface area contributed by atoms with Crippen molar-refractivity contribution in [1.82, 2.24) is 4.90 Å². The number of carbonyl (C=O) groups is 1. The Labute approximate surface area is 165 Å². The summed E-state index contributed by atoms with van der Waals surface area (Å²) in [4.78, 5) is 15.1. The molecule has 0 aromatic heterocycles. The van der Waals surface area contributed by atoms with Gasteiger partial charge in [-0.2, -0.15) is 0 Å². The van der Waals surface area contributed by atoms with Crippen molar-refractivity contribution in [3.63, 3.8) is 0 Å². The third-order valence-electron chi connectivity index (χ3n) is 4.66. The van der Waals surface area contributed by atoms with E-state index in [1.807, 2.05) is 24.3 Å². The molecule has 7 heteroatoms. The van der Waals surface area contributed by atoms with Gasteiger partial charge in [-0.25, -0.2) is 0 Å². The lowest BCUT2D eigenvalue weighted by atomic mass is 10.1. The van der Waals surface area contributed by atoms with Gasteiger partial charge in [0.2, 0.25) is 0 Å². The lowest BCUT2D eigenvalue weighted by molar-refractivity contribution is 0.0398. The second-order valence-electron chi connectivity index (χ2n) is 6.45. The summed E-state index contributed by atoms with van der Waals surface area (Å²) in [6.07, 6.45) is 0. The van der Waals surface area contributed by atoms with E-state index in [1.54, 1.807) is 18.2 Å². The fraction of sp³-hybridized carbons (Fsp3) is 0.381. The summed E-state index contributed by atoms with van der Waals surface area (Å²) in [6.45, 7) is 5.44. The molecule has 1 fully saturated rings. The molecule has 1 aliphatic rings. The maximum Gasteiger partial charge on any atom is 0.263 e. The fourth-order valence-corrected chi connectivity index (χ4v) is 3.12. The highest BCUT2D eigenvalue weighted by molar-refractivity contribution is 6.08. The van der Waals surface area contributed by atoms with Crippen molar-refractivity contribution < 1.29 is 19.0 Å². The standard InChI is InChI=1S/C21H27N3O4/c1-26-18-4-3-5-19(27-2)20(18)21(25)23-17-8-6-16(7-9-17)22-10-11-24-12-14-28-15-13-24/h3-9,22H,10-15H2,1-2H3,(H,23,25). The summed E-state index contributed by atoms with van der Waals surface area (Å²) in [7, 11) is 3.06. The maximum atomic E-state index is 12.7. The zero-order valence-electron chi connectivity index (χ0n) is 16.4. The summed E-state index contributed by atoms with van der Waals surface area (Å²) in [6, 6.07) is 12.9. The number of hydrogen-bond acceptors (Lipinski definition) is 6. The number of amides is 1. The molecule has 0 atom stereocenters. The Bertz CT molecular complexity index is 751. The Kier molecular flexibility index (Phi) is 7.11. The van der Waals surface area contributed by atoms with Crippen LogP contribution in [0.5, 0.6) is 11.5 Å². The molecular weight excluding hydrogens is 358 g/mol. The van der Waals surface area contributed by atoms with Crippen LogP contribution in [0.25, 0.3) is 0 Å². The predicted octanol–water partition coefficient (Wildman–Crippen LogP) is 2.70. The number of methoxy groups -OCH3 is 2. The number of rotatable bonds is 8. The average molecular weight is 385 g/mol. The molecule has 150 valence electrons. The third-order valence-corrected chi connectivity index (χ3v) is 4.66. The minimum atomic E-state index is -0.276. The largest absolute Gasteiger partial charge is 0.496 e. The summed E-state index contributed by atoms with van der Waals surface area (Å²) in [5, 5.41) is 6.30. The van der Waals surface area contributed by atoms with Gasteiger partial charge in [-0.1, -0.05) is 6.07 Å². The monoisotopic (exact) mass is 385 g/mol. The number of benzene rings is 2. The summed E-state index contributed by atoms with van der Waals surface area (Å²) in [5.74, 6) is 0.666. The number of anilines is 2. The topological polar surface area (TPSA) is 72.1 Å². The molecule has 1 amide bonds. The van der Waals surface area contributed by atoms with Gasteiger partial charge in [0.25, 0.3) is 5.91 Å². The minimum Gasteiger partial charge on any atom is -0.496 e. The number of nitrogens with one attached hydrogen (secondary N) is 2. The minimum absolute atomic E-state index is 0.276. The molecule has 0 saturated carbocycles. The SMILES string of the molecule is COc1cccc(OC)c1C(=O)Nc1ccc(NCCN2CCOCC2)cc1. The van der Waals surface area contributed by atoms with Crippen LogP contribution in [0.2, 0.25) is 0 Å². The molecule has 2 aromatic carbocycles. The van der Waals surface area contributed by atoms with E-state index in [1.165, 1.54) is 14.2 Å². The molecule has 7 nitrogen and oxygen atoms in total. The van der Waals surface area contributed by atoms with Crippen molar-refractivity contribution in [3.05, 3.63) is 48.0 Å². The van der Waals surface area contributed by atoms with Crippen LogP contribution in [0.1, 0.15) is 10.4 Å². The lowest BCUT2D eigenvalue weighted by Crippen LogP contribution is -2.38. The first kappa shape index (κ1) is 20.0. The van der Waals surface area contributed by atoms with Crippen molar-refractivity contribution in [2.75, 3.05) is 64.2 Å². The van der Waals surface area contributed by atoms with E-state index in [9.17, 15) is 4.79 Å². The van der Waals surface area contributed by atoms with E-state index in [2.05, 4.69) is 15.5 Å². The number of carbonyl (C=O) groups excluding carboxylic acids is 1. The van der Waals surface area contributed by atoms with Crippen molar-refractivity contribution in [2.24, 2.45) is 0 Å². The average Bonchev–Trinajstić information content (AvgIpc) is 2.75. The summed E-state index contributed by atoms with van der Waals surface area (Å²) >= 11 is 0. The second kappa shape index (κ2) is 9.96. The van der Waals surface area contributed by atoms with Crippen LogP contribution in [-0.4, -0.2) is 64.4 Å². The highest BCUT2D eigenvalue weighted by Crippen LogP contribution is 2.29. The molecular formula is C21H27N3O4. The van der Waals surface area contributed by atoms with Gasteiger partial charge in [0.1, 0.15) is 17.1 Å². The van der Waals surface area contributed by atoms with Gasteiger partial charge >= 0.3 is 0 Å². The van der Waals surface area contributed by atoms with Crippen LogP contribution in [-0.2, 0) is 4.74 Å². The number of nitrogens with zero attached hydrogens (tertiary/aromatic N) is 1. The smallest absolute Gasteiger partial charge is 0.263 e. The first-order chi connectivity index (χ1) is 13.7. The van der Waals surface area contributed by atoms with Crippen LogP contribution in [0.4, 0.5) is 11.4 Å². The van der Waals surface area contributed by atoms with Crippen LogP contribution in [0.3, 0.4) is 0 Å². The molecule has 2 N–H and O–H groups in total. The van der Waals surface area contributed by atoms with Gasteiger partial charge in [-0.15, -0.1) is 0 Å². The zero-order valence-corrected chi connectivity index (χ0v) is 16.4. The Morgan fingerprint density at radius 3 is 2.21 bits per heavy atom. The Morgan fingerprint density at radius 1 is 1.00 bits per heavy atom. The first-order valence-corrected chi connectivity index (χ1v) is 9.37. The number of morpholine rings is 1. The van der Waals surface area contributed by atoms with Gasteiger partial charge in [-0.05, 0) is 36.4 Å². The molecule has 0 bridgehead atoms. The maximum absolute atomic E-state index is 12.7. The Balaban J connectivity index is 1.56. The molecule has 2 aromatic rings. The van der Waals surface area contributed by atoms with Crippen molar-refractivity contribution >= 4 is 17.3 Å². The van der Waals surface area contributed by atoms with Crippen molar-refractivity contribution in [3.8, 4) is 11.5 Å². The van der Waals surface area contributed by atoms with Crippen molar-refractivity contribution in [1.29, 1.82) is 0 Å². The van der Waals surface area contributed by atoms with Gasteiger partial charge < -0.3 is 24.8 Å². The molecule has 0 spiro atoms. The molecule has 0 unspecified atom stereocenters. The summed E-state index contributed by atoms with van der Waals surface area (Å²) in [5.41, 5.74) is 2.10. The van der Waals surface area contributed by atoms with E-state index >= 15 is 0 Å². The highest BCUT2D eigenvalue weighted by Gasteiger charge is 2.18. The van der Waals surface area contributed by atoms with Gasteiger partial charge in [0, 0.05) is 37.6 Å². The number of hydrogen-bond donors (Lipinski definition) is 2. The zero-order chi connectivity index (χ0) is 19.8. The molecule has 3 rings (SSSR count). The van der Waals surface area contributed by atoms with Crippen LogP contribution >= 0.6 is 0 Å². The second-order valence-corrected chi connectivity index (χ2v) is 6.45. The lowest BCUT2D eigenvalue weighted by Gasteiger charge is -2.26. The van der Waals surface area contributed by atoms with Gasteiger partial charge in [0.15, 0.2) is 0 Å². The predicted molar refractivity (Wildman–Crippen MR) is 110 cm³/mol. The fourth-order valence-electron chi connectivity index (χ4n) is 3.12. The Morgan fingerprint density at radius 2 is 1.61 bits per heavy atom. The quantitative estimate of drug-likeness (QED) is 0.728. The summed E-state index contributed by atoms with van der Waals surface area (Å²) < 4.78 is 16.0. The molecule has 0 aliphatic carbocycles. The van der Waals surface area contributed by atoms with E-state index in [4.69, 9.17) is 14.2 Å². The normalized spacial score (nSPS) is 14.4. The molecule has 0 radical (unpaired) electrons. The molecule has 28 heavy (non-hydrogen) atoms. The molecule has 1 heterocycles. The highest BCUT2D eigenvalue weighted by atomic mass is 16.5. The first-order valence-electron chi connectivity index (χ1n) is 9.37. The molecule has 1 saturated heterocycles. The number of ether oxygens (including phenoxy) is 3. The molecule has 1 aliphatic heterocycles. The van der Waals surface area contributed by atoms with Crippen LogP contribution in [0, 0.1) is 0 Å². The third kappa shape index (κ3) is 5.15. The van der Waals surface area contributed by atoms with Crippen LogP contribution < -0.4 is 20.1 Å².